The molecule has 1 aromatic carbocycles. The fourth-order valence-electron chi connectivity index (χ4n) is 3.18. The molecule has 0 radical (unpaired) electrons. The van der Waals surface area contributed by atoms with Gasteiger partial charge in [-0.05, 0) is 24.3 Å². The molecule has 2 aromatic rings. The number of rotatable bonds is 6. The van der Waals surface area contributed by atoms with E-state index in [-0.39, 0.29) is 37.6 Å². The topological polar surface area (TPSA) is 129 Å². The van der Waals surface area contributed by atoms with Crippen LogP contribution in [0.2, 0.25) is 0 Å². The van der Waals surface area contributed by atoms with Crippen molar-refractivity contribution in [2.45, 2.75) is 31.1 Å². The molecule has 3 atom stereocenters. The Kier molecular flexibility index (Phi) is 9.25. The molecule has 9 nitrogen and oxygen atoms in total. The Balaban J connectivity index is 1.56. The van der Waals surface area contributed by atoms with Gasteiger partial charge in [-0.2, -0.15) is 18.2 Å². The van der Waals surface area contributed by atoms with E-state index in [2.05, 4.69) is 28.7 Å². The summed E-state index contributed by atoms with van der Waals surface area (Å²) in [6.45, 7) is -0.976. The third-order valence-electron chi connectivity index (χ3n) is 5.06. The van der Waals surface area contributed by atoms with Gasteiger partial charge < -0.3 is 25.6 Å². The molecule has 0 spiro atoms. The summed E-state index contributed by atoms with van der Waals surface area (Å²) in [7, 11) is 0. The van der Waals surface area contributed by atoms with Gasteiger partial charge in [0.2, 0.25) is 0 Å². The number of ether oxygens (including phenoxy) is 2. The number of nitrogen functional groups attached to an aromatic ring is 1. The molecule has 4 N–H and O–H groups in total. The Bertz CT molecular complexity index is 1290. The molecule has 0 aliphatic carbocycles. The van der Waals surface area contributed by atoms with Crippen molar-refractivity contribution < 1.29 is 36.9 Å². The number of benzene rings is 1. The Morgan fingerprint density at radius 1 is 1.24 bits per heavy atom. The van der Waals surface area contributed by atoms with Crippen LogP contribution in [0.5, 0.6) is 0 Å². The molecular weight excluding hydrogens is 500 g/mol. The molecule has 1 aliphatic heterocycles. The molecule has 13 heteroatoms. The fourth-order valence-corrected chi connectivity index (χ4v) is 3.18. The number of anilines is 1. The molecule has 1 aromatic heterocycles. The normalized spacial score (nSPS) is 18.9. The van der Waals surface area contributed by atoms with Crippen LogP contribution in [0.3, 0.4) is 0 Å². The van der Waals surface area contributed by atoms with Gasteiger partial charge in [0.25, 0.3) is 0 Å². The standard InChI is InChI=1S/C24H22F4N4O5/c25-18-12-20(37-19(18)14-33)32-13-17(21(29)31-23(32)35)8-7-16-5-3-15(4-6-16)2-1-10-36-11-9-30-22(34)24(26,27)28/h3-6,13,18-20,33H,9-12,14H2,(H,30,34)(H2,29,31,35). The first-order chi connectivity index (χ1) is 17.6. The molecule has 2 heterocycles. The van der Waals surface area contributed by atoms with Gasteiger partial charge in [0.05, 0.1) is 18.8 Å². The zero-order chi connectivity index (χ0) is 27.0. The quantitative estimate of drug-likeness (QED) is 0.292. The van der Waals surface area contributed by atoms with Crippen molar-refractivity contribution in [3.05, 3.63) is 57.6 Å². The van der Waals surface area contributed by atoms with Crippen LogP contribution in [-0.4, -0.2) is 65.4 Å². The molecule has 37 heavy (non-hydrogen) atoms. The lowest BCUT2D eigenvalue weighted by atomic mass is 10.1. The van der Waals surface area contributed by atoms with Crippen LogP contribution in [0.15, 0.2) is 35.3 Å². The Hall–Kier alpha value is -3.91. The van der Waals surface area contributed by atoms with Crippen LogP contribution in [0.1, 0.15) is 29.3 Å². The highest BCUT2D eigenvalue weighted by atomic mass is 19.4. The van der Waals surface area contributed by atoms with Gasteiger partial charge in [0.1, 0.15) is 30.9 Å². The van der Waals surface area contributed by atoms with Gasteiger partial charge in [-0.15, -0.1) is 0 Å². The summed E-state index contributed by atoms with van der Waals surface area (Å²) in [6, 6.07) is 6.74. The van der Waals surface area contributed by atoms with Gasteiger partial charge in [0.15, 0.2) is 0 Å². The molecule has 3 rings (SSSR count). The van der Waals surface area contributed by atoms with E-state index in [1.807, 2.05) is 0 Å². The van der Waals surface area contributed by atoms with Crippen molar-refractivity contribution >= 4 is 11.7 Å². The van der Waals surface area contributed by atoms with E-state index in [9.17, 15) is 27.2 Å². The van der Waals surface area contributed by atoms with Crippen molar-refractivity contribution in [2.24, 2.45) is 0 Å². The summed E-state index contributed by atoms with van der Waals surface area (Å²) in [5.74, 6) is 9.08. The molecule has 1 aliphatic rings. The Morgan fingerprint density at radius 2 is 1.92 bits per heavy atom. The largest absolute Gasteiger partial charge is 0.471 e. The SMILES string of the molecule is Nc1nc(=O)n(C2CC(F)C(CO)O2)cc1C#Cc1ccc(C#CCOCCNC(=O)C(F)(F)F)cc1. The highest BCUT2D eigenvalue weighted by Gasteiger charge is 2.38. The molecule has 196 valence electrons. The molecule has 3 unspecified atom stereocenters. The number of hydrogen-bond acceptors (Lipinski definition) is 7. The lowest BCUT2D eigenvalue weighted by Crippen LogP contribution is -2.38. The number of nitrogens with two attached hydrogens (primary N) is 1. The van der Waals surface area contributed by atoms with Crippen LogP contribution in [-0.2, 0) is 14.3 Å². The summed E-state index contributed by atoms with van der Waals surface area (Å²) in [4.78, 5) is 26.6. The van der Waals surface area contributed by atoms with Crippen LogP contribution in [0.4, 0.5) is 23.4 Å². The van der Waals surface area contributed by atoms with Crippen LogP contribution >= 0.6 is 0 Å². The highest BCUT2D eigenvalue weighted by molar-refractivity contribution is 5.81. The van der Waals surface area contributed by atoms with Crippen LogP contribution in [0, 0.1) is 23.7 Å². The summed E-state index contributed by atoms with van der Waals surface area (Å²) >= 11 is 0. The second kappa shape index (κ2) is 12.4. The summed E-state index contributed by atoms with van der Waals surface area (Å²) < 4.78 is 61.6. The number of amides is 1. The number of hydrogen-bond donors (Lipinski definition) is 3. The number of carbonyl (C=O) groups is 1. The van der Waals surface area contributed by atoms with E-state index in [1.165, 1.54) is 6.20 Å². The lowest BCUT2D eigenvalue weighted by Gasteiger charge is -2.14. The maximum Gasteiger partial charge on any atom is 0.471 e. The van der Waals surface area contributed by atoms with Crippen molar-refractivity contribution in [1.29, 1.82) is 0 Å². The minimum Gasteiger partial charge on any atom is -0.394 e. The van der Waals surface area contributed by atoms with E-state index < -0.39 is 42.9 Å². The lowest BCUT2D eigenvalue weighted by molar-refractivity contribution is -0.173. The maximum absolute atomic E-state index is 13.9. The van der Waals surface area contributed by atoms with E-state index >= 15 is 0 Å². The van der Waals surface area contributed by atoms with Gasteiger partial charge in [-0.3, -0.25) is 9.36 Å². The maximum atomic E-state index is 13.9. The number of aromatic nitrogens is 2. The number of nitrogens with zero attached hydrogens (tertiary/aromatic N) is 2. The second-order valence-electron chi connectivity index (χ2n) is 7.73. The molecule has 1 saturated heterocycles. The van der Waals surface area contributed by atoms with Crippen LogP contribution in [0.25, 0.3) is 0 Å². The molecule has 0 saturated carbocycles. The monoisotopic (exact) mass is 522 g/mol. The Labute approximate surface area is 208 Å². The smallest absolute Gasteiger partial charge is 0.394 e. The average Bonchev–Trinajstić information content (AvgIpc) is 3.23. The van der Waals surface area contributed by atoms with Gasteiger partial charge in [-0.25, -0.2) is 9.18 Å². The first kappa shape index (κ1) is 27.7. The van der Waals surface area contributed by atoms with Crippen molar-refractivity contribution in [3.63, 3.8) is 0 Å². The fraction of sp³-hybridized carbons (Fsp3) is 0.375. The number of carbonyl (C=O) groups excluding carboxylic acids is 1. The van der Waals surface area contributed by atoms with E-state index in [0.29, 0.717) is 11.1 Å². The molecule has 0 bridgehead atoms. The molecule has 1 fully saturated rings. The molecular formula is C24H22F4N4O5. The predicted octanol–water partition coefficient (Wildman–Crippen LogP) is 0.890. The minimum absolute atomic E-state index is 0.0433. The number of aliphatic hydroxyl groups is 1. The van der Waals surface area contributed by atoms with Crippen molar-refractivity contribution in [3.8, 4) is 23.7 Å². The van der Waals surface area contributed by atoms with E-state index in [4.69, 9.17) is 20.3 Å². The second-order valence-corrected chi connectivity index (χ2v) is 7.73. The van der Waals surface area contributed by atoms with Gasteiger partial charge in [0, 0.05) is 30.3 Å². The summed E-state index contributed by atoms with van der Waals surface area (Å²) in [5.41, 5.74) is 6.55. The number of nitrogens with one attached hydrogen (secondary N) is 1. The van der Waals surface area contributed by atoms with Gasteiger partial charge >= 0.3 is 17.8 Å². The summed E-state index contributed by atoms with van der Waals surface area (Å²) in [6.07, 6.45) is -7.10. The number of halogens is 4. The minimum atomic E-state index is -4.93. The first-order valence-electron chi connectivity index (χ1n) is 10.9. The van der Waals surface area contributed by atoms with E-state index in [1.54, 1.807) is 29.6 Å². The number of alkyl halides is 4. The Morgan fingerprint density at radius 3 is 2.54 bits per heavy atom. The third-order valence-corrected chi connectivity index (χ3v) is 5.06. The molecule has 1 amide bonds. The summed E-state index contributed by atoms with van der Waals surface area (Å²) in [5, 5.41) is 10.8. The van der Waals surface area contributed by atoms with Crippen molar-refractivity contribution in [1.82, 2.24) is 14.9 Å². The highest BCUT2D eigenvalue weighted by Crippen LogP contribution is 2.29. The zero-order valence-corrected chi connectivity index (χ0v) is 19.2. The van der Waals surface area contributed by atoms with Crippen molar-refractivity contribution in [2.75, 3.05) is 32.1 Å². The predicted molar refractivity (Wildman–Crippen MR) is 123 cm³/mol. The third kappa shape index (κ3) is 7.79. The first-order valence-corrected chi connectivity index (χ1v) is 10.9. The average molecular weight is 522 g/mol. The zero-order valence-electron chi connectivity index (χ0n) is 19.2. The van der Waals surface area contributed by atoms with Crippen LogP contribution < -0.4 is 16.7 Å². The van der Waals surface area contributed by atoms with E-state index in [0.717, 1.165) is 4.57 Å². The number of aliphatic hydroxyl groups excluding tert-OH is 1. The van der Waals surface area contributed by atoms with Gasteiger partial charge in [-0.1, -0.05) is 23.7 Å².